The SMILES string of the molecule is CN1c2ccc(-c3ccc4[nH]ccc4c3)cc2Oc2cc(-c3ccc4[nH]ccc4c3)cnc21. The minimum Gasteiger partial charge on any atom is -0.451 e. The number of H-pyrrole nitrogens is 2. The first-order chi connectivity index (χ1) is 16.2. The Morgan fingerprint density at radius 3 is 2.00 bits per heavy atom. The van der Waals surface area contributed by atoms with Crippen LogP contribution in [0.3, 0.4) is 0 Å². The molecule has 0 unspecified atom stereocenters. The number of pyridine rings is 1. The van der Waals surface area contributed by atoms with Crippen molar-refractivity contribution in [3.63, 3.8) is 0 Å². The number of nitrogens with zero attached hydrogens (tertiary/aromatic N) is 2. The zero-order valence-corrected chi connectivity index (χ0v) is 18.0. The quantitative estimate of drug-likeness (QED) is 0.305. The van der Waals surface area contributed by atoms with Gasteiger partial charge in [0.2, 0.25) is 0 Å². The van der Waals surface area contributed by atoms with Gasteiger partial charge in [0.15, 0.2) is 17.3 Å². The largest absolute Gasteiger partial charge is 0.451 e. The van der Waals surface area contributed by atoms with Gasteiger partial charge in [-0.2, -0.15) is 0 Å². The maximum atomic E-state index is 6.40. The van der Waals surface area contributed by atoms with E-state index >= 15 is 0 Å². The monoisotopic (exact) mass is 428 g/mol. The highest BCUT2D eigenvalue weighted by Crippen LogP contribution is 2.47. The van der Waals surface area contributed by atoms with Gasteiger partial charge in [-0.1, -0.05) is 18.2 Å². The third-order valence-corrected chi connectivity index (χ3v) is 6.46. The van der Waals surface area contributed by atoms with Crippen molar-refractivity contribution in [2.24, 2.45) is 0 Å². The molecule has 0 fully saturated rings. The molecule has 0 aliphatic carbocycles. The second-order valence-electron chi connectivity index (χ2n) is 8.45. The van der Waals surface area contributed by atoms with Crippen LogP contribution in [0.1, 0.15) is 0 Å². The summed E-state index contributed by atoms with van der Waals surface area (Å²) in [5.74, 6) is 2.40. The number of fused-ring (bicyclic) bond motifs is 4. The standard InChI is InChI=1S/C28H20N4O/c1-32-25-7-4-19(17-2-5-23-20(12-17)8-10-29-23)14-26(25)33-27-15-22(16-31-28(27)32)18-3-6-24-21(13-18)9-11-30-24/h2-16,29-30H,1H3. The number of rotatable bonds is 2. The molecule has 3 aromatic carbocycles. The lowest BCUT2D eigenvalue weighted by atomic mass is 10.0. The maximum absolute atomic E-state index is 6.40. The van der Waals surface area contributed by atoms with Crippen LogP contribution in [0.2, 0.25) is 0 Å². The Kier molecular flexibility index (Phi) is 3.70. The minimum atomic E-state index is 0.759. The Hall–Kier alpha value is -4.51. The molecule has 0 atom stereocenters. The molecule has 3 aromatic heterocycles. The lowest BCUT2D eigenvalue weighted by Gasteiger charge is -2.29. The molecule has 1 aliphatic heterocycles. The average Bonchev–Trinajstić information content (AvgIpc) is 3.52. The van der Waals surface area contributed by atoms with E-state index in [4.69, 9.17) is 9.72 Å². The lowest BCUT2D eigenvalue weighted by Crippen LogP contribution is -2.17. The molecule has 33 heavy (non-hydrogen) atoms. The van der Waals surface area contributed by atoms with Crippen molar-refractivity contribution in [1.29, 1.82) is 0 Å². The summed E-state index contributed by atoms with van der Waals surface area (Å²) in [5, 5.41) is 2.37. The van der Waals surface area contributed by atoms with Gasteiger partial charge in [-0.15, -0.1) is 0 Å². The fourth-order valence-corrected chi connectivity index (χ4v) is 4.67. The van der Waals surface area contributed by atoms with E-state index in [1.807, 2.05) is 25.6 Å². The molecule has 0 spiro atoms. The predicted molar refractivity (Wildman–Crippen MR) is 133 cm³/mol. The summed E-state index contributed by atoms with van der Waals surface area (Å²) >= 11 is 0. The van der Waals surface area contributed by atoms with E-state index in [0.717, 1.165) is 56.3 Å². The van der Waals surface area contributed by atoms with Crippen LogP contribution < -0.4 is 9.64 Å². The first-order valence-corrected chi connectivity index (χ1v) is 10.9. The van der Waals surface area contributed by atoms with Crippen LogP contribution >= 0.6 is 0 Å². The van der Waals surface area contributed by atoms with Gasteiger partial charge in [-0.05, 0) is 82.1 Å². The first-order valence-electron chi connectivity index (χ1n) is 10.9. The Morgan fingerprint density at radius 2 is 1.27 bits per heavy atom. The van der Waals surface area contributed by atoms with Crippen molar-refractivity contribution >= 4 is 33.3 Å². The van der Waals surface area contributed by atoms with E-state index in [2.05, 4.69) is 87.7 Å². The van der Waals surface area contributed by atoms with E-state index in [0.29, 0.717) is 0 Å². The van der Waals surface area contributed by atoms with Crippen molar-refractivity contribution in [3.8, 4) is 33.8 Å². The highest BCUT2D eigenvalue weighted by Gasteiger charge is 2.24. The Morgan fingerprint density at radius 1 is 0.667 bits per heavy atom. The van der Waals surface area contributed by atoms with Crippen LogP contribution in [-0.2, 0) is 0 Å². The number of aromatic amines is 2. The van der Waals surface area contributed by atoms with E-state index in [1.165, 1.54) is 10.8 Å². The molecule has 0 saturated heterocycles. The number of hydrogen-bond acceptors (Lipinski definition) is 3. The van der Waals surface area contributed by atoms with Crippen molar-refractivity contribution in [2.75, 3.05) is 11.9 Å². The van der Waals surface area contributed by atoms with Gasteiger partial charge in [-0.25, -0.2) is 4.98 Å². The fraction of sp³-hybridized carbons (Fsp3) is 0.0357. The van der Waals surface area contributed by atoms with Crippen LogP contribution in [0, 0.1) is 0 Å². The van der Waals surface area contributed by atoms with E-state index in [-0.39, 0.29) is 0 Å². The van der Waals surface area contributed by atoms with Gasteiger partial charge < -0.3 is 19.6 Å². The molecule has 2 N–H and O–H groups in total. The number of ether oxygens (including phenoxy) is 1. The zero-order valence-electron chi connectivity index (χ0n) is 18.0. The van der Waals surface area contributed by atoms with Crippen LogP contribution in [0.15, 0.2) is 91.4 Å². The molecule has 0 bridgehead atoms. The van der Waals surface area contributed by atoms with Gasteiger partial charge in [-0.3, -0.25) is 0 Å². The van der Waals surface area contributed by atoms with E-state index < -0.39 is 0 Å². The van der Waals surface area contributed by atoms with Crippen molar-refractivity contribution in [1.82, 2.24) is 15.0 Å². The number of anilines is 2. The number of hydrogen-bond donors (Lipinski definition) is 2. The van der Waals surface area contributed by atoms with Gasteiger partial charge in [0.25, 0.3) is 0 Å². The molecular weight excluding hydrogens is 408 g/mol. The predicted octanol–water partition coefficient (Wildman–Crippen LogP) is 7.25. The van der Waals surface area contributed by atoms with Crippen LogP contribution in [0.4, 0.5) is 11.5 Å². The van der Waals surface area contributed by atoms with Crippen molar-refractivity contribution < 1.29 is 4.74 Å². The summed E-state index contributed by atoms with van der Waals surface area (Å²) in [6.07, 6.45) is 5.84. The highest BCUT2D eigenvalue weighted by atomic mass is 16.5. The van der Waals surface area contributed by atoms with Crippen LogP contribution in [0.5, 0.6) is 11.5 Å². The molecule has 5 nitrogen and oxygen atoms in total. The Bertz CT molecular complexity index is 1550. The molecule has 0 saturated carbocycles. The minimum absolute atomic E-state index is 0.759. The van der Waals surface area contributed by atoms with E-state index in [1.54, 1.807) is 0 Å². The maximum Gasteiger partial charge on any atom is 0.176 e. The summed E-state index contributed by atoms with van der Waals surface area (Å²) < 4.78 is 6.40. The molecule has 0 radical (unpaired) electrons. The fourth-order valence-electron chi connectivity index (χ4n) is 4.67. The number of aromatic nitrogens is 3. The van der Waals surface area contributed by atoms with Gasteiger partial charge in [0.1, 0.15) is 0 Å². The highest BCUT2D eigenvalue weighted by molar-refractivity contribution is 5.88. The summed E-state index contributed by atoms with van der Waals surface area (Å²) in [7, 11) is 2.03. The number of nitrogens with one attached hydrogen (secondary N) is 2. The third-order valence-electron chi connectivity index (χ3n) is 6.46. The van der Waals surface area contributed by atoms with Crippen molar-refractivity contribution in [3.05, 3.63) is 91.4 Å². The molecule has 5 heteroatoms. The smallest absolute Gasteiger partial charge is 0.176 e. The molecule has 158 valence electrons. The molecule has 0 amide bonds. The molecule has 7 rings (SSSR count). The molecular formula is C28H20N4O. The first kappa shape index (κ1) is 18.1. The summed E-state index contributed by atoms with van der Waals surface area (Å²) in [5.41, 5.74) is 7.69. The van der Waals surface area contributed by atoms with Crippen LogP contribution in [0.25, 0.3) is 44.1 Å². The van der Waals surface area contributed by atoms with Crippen molar-refractivity contribution in [2.45, 2.75) is 0 Å². The normalized spacial score (nSPS) is 12.6. The number of benzene rings is 3. The van der Waals surface area contributed by atoms with Gasteiger partial charge >= 0.3 is 0 Å². The Balaban J connectivity index is 1.28. The molecule has 6 aromatic rings. The van der Waals surface area contributed by atoms with Gasteiger partial charge in [0.05, 0.1) is 5.69 Å². The third kappa shape index (κ3) is 2.83. The second kappa shape index (κ2) is 6.74. The zero-order chi connectivity index (χ0) is 21.9. The summed E-state index contributed by atoms with van der Waals surface area (Å²) in [4.78, 5) is 13.3. The summed E-state index contributed by atoms with van der Waals surface area (Å²) in [6.45, 7) is 0. The van der Waals surface area contributed by atoms with Gasteiger partial charge in [0, 0.05) is 42.2 Å². The summed E-state index contributed by atoms with van der Waals surface area (Å²) in [6, 6.07) is 25.4. The lowest BCUT2D eigenvalue weighted by molar-refractivity contribution is 0.473. The topological polar surface area (TPSA) is 56.9 Å². The molecule has 4 heterocycles. The second-order valence-corrected chi connectivity index (χ2v) is 8.45. The Labute approximate surface area is 190 Å². The van der Waals surface area contributed by atoms with Crippen LogP contribution in [-0.4, -0.2) is 22.0 Å². The average molecular weight is 428 g/mol. The molecule has 1 aliphatic rings. The van der Waals surface area contributed by atoms with E-state index in [9.17, 15) is 0 Å².